The molecule has 0 spiro atoms. The monoisotopic (exact) mass is 362 g/mol. The molecule has 1 aromatic heterocycles. The van der Waals surface area contributed by atoms with E-state index in [0.717, 1.165) is 0 Å². The van der Waals surface area contributed by atoms with Crippen molar-refractivity contribution in [2.45, 2.75) is 18.9 Å². The number of rotatable bonds is 2. The van der Waals surface area contributed by atoms with Gasteiger partial charge in [-0.05, 0) is 38.3 Å². The fourth-order valence-electron chi connectivity index (χ4n) is 1.45. The standard InChI is InChI=1S/C9H8Br2N4O2/c10-5-3-12-8(7(11)14-5)15-9(17)4-1-2-6(16)13-4/h3-4H,1-2H2,(H,13,16)(H,12,15,17). The number of carbonyl (C=O) groups is 2. The first-order valence-corrected chi connectivity index (χ1v) is 6.43. The highest BCUT2D eigenvalue weighted by Gasteiger charge is 2.27. The van der Waals surface area contributed by atoms with Crippen LogP contribution in [0.25, 0.3) is 0 Å². The molecule has 0 aliphatic carbocycles. The summed E-state index contributed by atoms with van der Waals surface area (Å²) in [7, 11) is 0. The van der Waals surface area contributed by atoms with E-state index in [9.17, 15) is 9.59 Å². The molecule has 1 aliphatic heterocycles. The number of carbonyl (C=O) groups excluding carboxylic acids is 2. The fourth-order valence-corrected chi connectivity index (χ4v) is 2.36. The zero-order valence-corrected chi connectivity index (χ0v) is 11.7. The number of aromatic nitrogens is 2. The quantitative estimate of drug-likeness (QED) is 0.827. The average Bonchev–Trinajstić information content (AvgIpc) is 2.69. The van der Waals surface area contributed by atoms with Crippen molar-refractivity contribution in [1.82, 2.24) is 15.3 Å². The van der Waals surface area contributed by atoms with Gasteiger partial charge < -0.3 is 10.6 Å². The third kappa shape index (κ3) is 3.01. The van der Waals surface area contributed by atoms with Gasteiger partial charge in [-0.1, -0.05) is 0 Å². The van der Waals surface area contributed by atoms with Gasteiger partial charge in [0.25, 0.3) is 0 Å². The number of nitrogens with one attached hydrogen (secondary N) is 2. The van der Waals surface area contributed by atoms with Crippen LogP contribution in [0.3, 0.4) is 0 Å². The van der Waals surface area contributed by atoms with Crippen molar-refractivity contribution in [2.24, 2.45) is 0 Å². The van der Waals surface area contributed by atoms with E-state index in [1.165, 1.54) is 6.20 Å². The van der Waals surface area contributed by atoms with Crippen LogP contribution in [0.4, 0.5) is 5.82 Å². The van der Waals surface area contributed by atoms with Crippen molar-refractivity contribution in [1.29, 1.82) is 0 Å². The van der Waals surface area contributed by atoms with Crippen LogP contribution >= 0.6 is 31.9 Å². The van der Waals surface area contributed by atoms with E-state index in [4.69, 9.17) is 0 Å². The van der Waals surface area contributed by atoms with E-state index < -0.39 is 6.04 Å². The highest BCUT2D eigenvalue weighted by molar-refractivity contribution is 9.11. The molecule has 1 fully saturated rings. The van der Waals surface area contributed by atoms with Crippen LogP contribution in [0.5, 0.6) is 0 Å². The van der Waals surface area contributed by atoms with Crippen LogP contribution in [0.15, 0.2) is 15.4 Å². The Morgan fingerprint density at radius 1 is 1.53 bits per heavy atom. The predicted molar refractivity (Wildman–Crippen MR) is 67.2 cm³/mol. The van der Waals surface area contributed by atoms with E-state index in [-0.39, 0.29) is 11.8 Å². The number of hydrogen-bond acceptors (Lipinski definition) is 4. The first-order valence-electron chi connectivity index (χ1n) is 4.84. The Hall–Kier alpha value is -1.02. The Morgan fingerprint density at radius 3 is 2.88 bits per heavy atom. The first-order chi connectivity index (χ1) is 8.06. The van der Waals surface area contributed by atoms with Gasteiger partial charge in [-0.15, -0.1) is 0 Å². The molecule has 2 rings (SSSR count). The molecule has 0 saturated carbocycles. The average molecular weight is 364 g/mol. The Bertz CT molecular complexity index is 480. The lowest BCUT2D eigenvalue weighted by atomic mass is 10.2. The first kappa shape index (κ1) is 12.4. The van der Waals surface area contributed by atoms with Crippen LogP contribution in [0.1, 0.15) is 12.8 Å². The number of amides is 2. The van der Waals surface area contributed by atoms with Crippen molar-refractivity contribution < 1.29 is 9.59 Å². The third-order valence-electron chi connectivity index (χ3n) is 2.25. The molecule has 0 radical (unpaired) electrons. The highest BCUT2D eigenvalue weighted by atomic mass is 79.9. The molecule has 2 heterocycles. The second-order valence-electron chi connectivity index (χ2n) is 3.48. The Morgan fingerprint density at radius 2 is 2.29 bits per heavy atom. The summed E-state index contributed by atoms with van der Waals surface area (Å²) in [5.41, 5.74) is 0. The lowest BCUT2D eigenvalue weighted by molar-refractivity contribution is -0.122. The lowest BCUT2D eigenvalue weighted by Crippen LogP contribution is -2.37. The molecule has 1 unspecified atom stereocenters. The molecular weight excluding hydrogens is 356 g/mol. The Balaban J connectivity index is 2.05. The van der Waals surface area contributed by atoms with E-state index in [1.54, 1.807) is 0 Å². The van der Waals surface area contributed by atoms with Crippen molar-refractivity contribution in [3.63, 3.8) is 0 Å². The molecule has 0 aromatic carbocycles. The van der Waals surface area contributed by atoms with Crippen LogP contribution in [0.2, 0.25) is 0 Å². The molecule has 6 nitrogen and oxygen atoms in total. The van der Waals surface area contributed by atoms with E-state index >= 15 is 0 Å². The smallest absolute Gasteiger partial charge is 0.248 e. The summed E-state index contributed by atoms with van der Waals surface area (Å²) in [5.74, 6) is -0.0568. The number of hydrogen-bond donors (Lipinski definition) is 2. The summed E-state index contributed by atoms with van der Waals surface area (Å²) in [5, 5.41) is 5.19. The molecule has 1 aromatic rings. The summed E-state index contributed by atoms with van der Waals surface area (Å²) in [6.45, 7) is 0. The number of anilines is 1. The predicted octanol–water partition coefficient (Wildman–Crippen LogP) is 1.22. The Kier molecular flexibility index (Phi) is 3.72. The van der Waals surface area contributed by atoms with Gasteiger partial charge in [0.1, 0.15) is 15.2 Å². The van der Waals surface area contributed by atoms with Crippen LogP contribution in [-0.2, 0) is 9.59 Å². The molecule has 17 heavy (non-hydrogen) atoms. The second kappa shape index (κ2) is 5.09. The molecule has 0 bridgehead atoms. The molecule has 2 amide bonds. The van der Waals surface area contributed by atoms with Crippen molar-refractivity contribution >= 4 is 49.5 Å². The summed E-state index contributed by atoms with van der Waals surface area (Å²) >= 11 is 6.35. The molecule has 1 aliphatic rings. The van der Waals surface area contributed by atoms with Gasteiger partial charge in [-0.25, -0.2) is 9.97 Å². The normalized spacial score (nSPS) is 18.9. The van der Waals surface area contributed by atoms with Gasteiger partial charge in [0.05, 0.1) is 6.20 Å². The van der Waals surface area contributed by atoms with Gasteiger partial charge >= 0.3 is 0 Å². The zero-order valence-electron chi connectivity index (χ0n) is 8.54. The third-order valence-corrected chi connectivity index (χ3v) is 3.19. The largest absolute Gasteiger partial charge is 0.344 e. The molecule has 1 saturated heterocycles. The minimum Gasteiger partial charge on any atom is -0.344 e. The van der Waals surface area contributed by atoms with E-state index in [1.807, 2.05) is 0 Å². The van der Waals surface area contributed by atoms with Gasteiger partial charge in [0.15, 0.2) is 5.82 Å². The maximum atomic E-state index is 11.8. The number of nitrogens with zero attached hydrogens (tertiary/aromatic N) is 2. The van der Waals surface area contributed by atoms with Crippen LogP contribution in [-0.4, -0.2) is 27.8 Å². The number of halogens is 2. The molecule has 90 valence electrons. The van der Waals surface area contributed by atoms with Gasteiger partial charge in [0, 0.05) is 6.42 Å². The maximum Gasteiger partial charge on any atom is 0.248 e. The van der Waals surface area contributed by atoms with Gasteiger partial charge in [-0.2, -0.15) is 0 Å². The van der Waals surface area contributed by atoms with Crippen molar-refractivity contribution in [2.75, 3.05) is 5.32 Å². The van der Waals surface area contributed by atoms with Gasteiger partial charge in [0.2, 0.25) is 11.8 Å². The molecule has 2 N–H and O–H groups in total. The zero-order chi connectivity index (χ0) is 12.4. The SMILES string of the molecule is O=C1CCC(C(=O)Nc2ncc(Br)nc2Br)N1. The van der Waals surface area contributed by atoms with Crippen molar-refractivity contribution in [3.8, 4) is 0 Å². The molecule has 8 heteroatoms. The summed E-state index contributed by atoms with van der Waals surface area (Å²) in [4.78, 5) is 30.8. The Labute approximate surface area is 114 Å². The summed E-state index contributed by atoms with van der Waals surface area (Å²) < 4.78 is 1.00. The maximum absolute atomic E-state index is 11.8. The fraction of sp³-hybridized carbons (Fsp3) is 0.333. The summed E-state index contributed by atoms with van der Waals surface area (Å²) in [6, 6.07) is -0.486. The van der Waals surface area contributed by atoms with E-state index in [2.05, 4.69) is 52.5 Å². The molecular formula is C9H8Br2N4O2. The van der Waals surface area contributed by atoms with Crippen LogP contribution in [0, 0.1) is 0 Å². The van der Waals surface area contributed by atoms with Crippen LogP contribution < -0.4 is 10.6 Å². The minimum absolute atomic E-state index is 0.105. The highest BCUT2D eigenvalue weighted by Crippen LogP contribution is 2.20. The summed E-state index contributed by atoms with van der Waals surface area (Å²) in [6.07, 6.45) is 2.37. The lowest BCUT2D eigenvalue weighted by Gasteiger charge is -2.10. The van der Waals surface area contributed by atoms with Crippen molar-refractivity contribution in [3.05, 3.63) is 15.4 Å². The van der Waals surface area contributed by atoms with E-state index in [0.29, 0.717) is 27.9 Å². The second-order valence-corrected chi connectivity index (χ2v) is 5.04. The topological polar surface area (TPSA) is 84.0 Å². The minimum atomic E-state index is -0.486. The van der Waals surface area contributed by atoms with Gasteiger partial charge in [-0.3, -0.25) is 9.59 Å². The molecule has 1 atom stereocenters.